The summed E-state index contributed by atoms with van der Waals surface area (Å²) in [5.74, 6) is 5.22. The normalized spacial score (nSPS) is 11.6. The van der Waals surface area contributed by atoms with Crippen LogP contribution in [0.1, 0.15) is 5.56 Å². The van der Waals surface area contributed by atoms with Crippen molar-refractivity contribution in [2.75, 3.05) is 20.1 Å². The number of benzene rings is 1. The second kappa shape index (κ2) is 7.38. The average Bonchev–Trinajstić information content (AvgIpc) is 2.34. The SMILES string of the molecule is CN(CC(F)F)S(=O)(=O)c1c(Cl)cc(C#CCN)cc1Cl. The zero-order valence-electron chi connectivity index (χ0n) is 10.9. The maximum atomic E-state index is 12.3. The lowest BCUT2D eigenvalue weighted by Gasteiger charge is -2.18. The molecule has 1 aromatic carbocycles. The second-order valence-electron chi connectivity index (χ2n) is 3.95. The standard InChI is InChI=1S/C12H12Cl2F2N2O2S/c1-18(7-11(15)16)21(19,20)12-9(13)5-8(3-2-4-17)6-10(12)14/h5-6,11H,4,7,17H2,1H3. The summed E-state index contributed by atoms with van der Waals surface area (Å²) in [6.07, 6.45) is -2.81. The van der Waals surface area contributed by atoms with E-state index in [1.54, 1.807) is 0 Å². The summed E-state index contributed by atoms with van der Waals surface area (Å²) < 4.78 is 49.6. The largest absolute Gasteiger partial charge is 0.320 e. The van der Waals surface area contributed by atoms with Gasteiger partial charge in [0.25, 0.3) is 6.43 Å². The van der Waals surface area contributed by atoms with Gasteiger partial charge in [0.15, 0.2) is 0 Å². The van der Waals surface area contributed by atoms with E-state index in [1.807, 2.05) is 0 Å². The van der Waals surface area contributed by atoms with Gasteiger partial charge in [-0.15, -0.1) is 0 Å². The molecule has 0 saturated heterocycles. The van der Waals surface area contributed by atoms with E-state index < -0.39 is 27.9 Å². The van der Waals surface area contributed by atoms with Crippen molar-refractivity contribution >= 4 is 33.2 Å². The van der Waals surface area contributed by atoms with Gasteiger partial charge in [-0.25, -0.2) is 17.2 Å². The number of nitrogens with zero attached hydrogens (tertiary/aromatic N) is 1. The molecule has 9 heteroatoms. The quantitative estimate of drug-likeness (QED) is 0.841. The van der Waals surface area contributed by atoms with Crippen LogP contribution >= 0.6 is 23.2 Å². The number of hydrogen-bond acceptors (Lipinski definition) is 3. The number of hydrogen-bond donors (Lipinski definition) is 1. The van der Waals surface area contributed by atoms with E-state index in [0.717, 1.165) is 7.05 Å². The van der Waals surface area contributed by atoms with Gasteiger partial charge in [0.2, 0.25) is 10.0 Å². The van der Waals surface area contributed by atoms with Gasteiger partial charge >= 0.3 is 0 Å². The molecule has 0 aliphatic rings. The molecule has 0 heterocycles. The predicted octanol–water partition coefficient (Wildman–Crippen LogP) is 2.19. The molecule has 0 fully saturated rings. The highest BCUT2D eigenvalue weighted by Crippen LogP contribution is 2.32. The van der Waals surface area contributed by atoms with Crippen LogP contribution in [0, 0.1) is 11.8 Å². The molecule has 1 rings (SSSR count). The maximum Gasteiger partial charge on any atom is 0.252 e. The van der Waals surface area contributed by atoms with Gasteiger partial charge in [-0.1, -0.05) is 35.0 Å². The fourth-order valence-corrected chi connectivity index (χ4v) is 3.78. The van der Waals surface area contributed by atoms with Crippen LogP contribution in [0.25, 0.3) is 0 Å². The highest BCUT2D eigenvalue weighted by molar-refractivity contribution is 7.89. The summed E-state index contributed by atoms with van der Waals surface area (Å²) in [6, 6.07) is 2.58. The van der Waals surface area contributed by atoms with Crippen molar-refractivity contribution in [2.45, 2.75) is 11.3 Å². The molecule has 0 amide bonds. The molecule has 0 aliphatic heterocycles. The minimum absolute atomic E-state index is 0.117. The first kappa shape index (κ1) is 18.1. The van der Waals surface area contributed by atoms with Crippen molar-refractivity contribution in [3.63, 3.8) is 0 Å². The number of nitrogens with two attached hydrogens (primary N) is 1. The Labute approximate surface area is 131 Å². The lowest BCUT2D eigenvalue weighted by Crippen LogP contribution is -2.31. The summed E-state index contributed by atoms with van der Waals surface area (Å²) >= 11 is 11.8. The van der Waals surface area contributed by atoms with Crippen LogP contribution in [0.4, 0.5) is 8.78 Å². The Kier molecular flexibility index (Phi) is 6.38. The van der Waals surface area contributed by atoms with Gasteiger partial charge in [-0.3, -0.25) is 0 Å². The molecule has 116 valence electrons. The summed E-state index contributed by atoms with van der Waals surface area (Å²) in [5, 5.41) is -0.380. The first-order chi connectivity index (χ1) is 9.70. The maximum absolute atomic E-state index is 12.3. The van der Waals surface area contributed by atoms with Crippen molar-refractivity contribution in [2.24, 2.45) is 5.73 Å². The van der Waals surface area contributed by atoms with E-state index in [4.69, 9.17) is 28.9 Å². The van der Waals surface area contributed by atoms with Gasteiger partial charge in [-0.2, -0.15) is 4.31 Å². The fourth-order valence-electron chi connectivity index (χ4n) is 1.48. The van der Waals surface area contributed by atoms with E-state index in [0.29, 0.717) is 9.87 Å². The van der Waals surface area contributed by atoms with Crippen molar-refractivity contribution < 1.29 is 17.2 Å². The second-order valence-corrected chi connectivity index (χ2v) is 6.75. The lowest BCUT2D eigenvalue weighted by molar-refractivity contribution is 0.126. The van der Waals surface area contributed by atoms with Crippen LogP contribution < -0.4 is 5.73 Å². The van der Waals surface area contributed by atoms with E-state index in [1.165, 1.54) is 12.1 Å². The molecule has 0 atom stereocenters. The first-order valence-corrected chi connectivity index (χ1v) is 7.82. The third-order valence-corrected chi connectivity index (χ3v) is 5.14. The Bertz CT molecular complexity index is 661. The van der Waals surface area contributed by atoms with E-state index >= 15 is 0 Å². The molecular formula is C12H12Cl2F2N2O2S. The summed E-state index contributed by atoms with van der Waals surface area (Å²) in [6.45, 7) is -0.837. The molecule has 1 aromatic rings. The van der Waals surface area contributed by atoms with Crippen molar-refractivity contribution in [1.29, 1.82) is 0 Å². The summed E-state index contributed by atoms with van der Waals surface area (Å²) in [5.41, 5.74) is 5.60. The Balaban J connectivity index is 3.31. The first-order valence-electron chi connectivity index (χ1n) is 5.62. The Morgan fingerprint density at radius 2 is 1.86 bits per heavy atom. The Morgan fingerprint density at radius 1 is 1.33 bits per heavy atom. The third kappa shape index (κ3) is 4.53. The van der Waals surface area contributed by atoms with Crippen LogP contribution in [0.5, 0.6) is 0 Å². The molecule has 0 radical (unpaired) electrons. The van der Waals surface area contributed by atoms with E-state index in [9.17, 15) is 17.2 Å². The van der Waals surface area contributed by atoms with Crippen LogP contribution in [0.15, 0.2) is 17.0 Å². The van der Waals surface area contributed by atoms with Gasteiger partial charge in [0, 0.05) is 12.6 Å². The monoisotopic (exact) mass is 356 g/mol. The fraction of sp³-hybridized carbons (Fsp3) is 0.333. The Hall–Kier alpha value is -0.910. The Morgan fingerprint density at radius 3 is 2.29 bits per heavy atom. The predicted molar refractivity (Wildman–Crippen MR) is 78.2 cm³/mol. The van der Waals surface area contributed by atoms with Gasteiger partial charge in [0.1, 0.15) is 4.90 Å². The molecule has 0 bridgehead atoms. The number of alkyl halides is 2. The highest BCUT2D eigenvalue weighted by atomic mass is 35.5. The molecule has 0 aromatic heterocycles. The molecule has 0 unspecified atom stereocenters. The molecule has 2 N–H and O–H groups in total. The minimum Gasteiger partial charge on any atom is -0.320 e. The highest BCUT2D eigenvalue weighted by Gasteiger charge is 2.28. The third-order valence-electron chi connectivity index (χ3n) is 2.40. The molecule has 0 spiro atoms. The van der Waals surface area contributed by atoms with Crippen LogP contribution in [-0.4, -0.2) is 39.3 Å². The smallest absolute Gasteiger partial charge is 0.252 e. The topological polar surface area (TPSA) is 63.4 Å². The summed E-state index contributed by atoms with van der Waals surface area (Å²) in [7, 11) is -3.19. The molecule has 4 nitrogen and oxygen atoms in total. The number of halogens is 4. The molecule has 0 saturated carbocycles. The lowest BCUT2D eigenvalue weighted by atomic mass is 10.2. The van der Waals surface area contributed by atoms with Crippen molar-refractivity contribution in [3.8, 4) is 11.8 Å². The molecular weight excluding hydrogens is 345 g/mol. The minimum atomic E-state index is -4.22. The van der Waals surface area contributed by atoms with Crippen LogP contribution in [0.2, 0.25) is 10.0 Å². The zero-order valence-corrected chi connectivity index (χ0v) is 13.2. The number of sulfonamides is 1. The van der Waals surface area contributed by atoms with Gasteiger partial charge in [0.05, 0.1) is 23.1 Å². The van der Waals surface area contributed by atoms with E-state index in [-0.39, 0.29) is 16.6 Å². The van der Waals surface area contributed by atoms with E-state index in [2.05, 4.69) is 11.8 Å². The zero-order chi connectivity index (χ0) is 16.2. The van der Waals surface area contributed by atoms with Crippen molar-refractivity contribution in [3.05, 3.63) is 27.7 Å². The average molecular weight is 357 g/mol. The summed E-state index contributed by atoms with van der Waals surface area (Å²) in [4.78, 5) is -0.424. The number of rotatable bonds is 4. The van der Waals surface area contributed by atoms with Crippen molar-refractivity contribution in [1.82, 2.24) is 4.31 Å². The molecule has 21 heavy (non-hydrogen) atoms. The van der Waals surface area contributed by atoms with Crippen LogP contribution in [-0.2, 0) is 10.0 Å². The van der Waals surface area contributed by atoms with Gasteiger partial charge in [-0.05, 0) is 12.1 Å². The molecule has 0 aliphatic carbocycles. The van der Waals surface area contributed by atoms with Crippen LogP contribution in [0.3, 0.4) is 0 Å². The van der Waals surface area contributed by atoms with Gasteiger partial charge < -0.3 is 5.73 Å².